The molecule has 2 nitrogen and oxygen atoms in total. The minimum absolute atomic E-state index is 0.0232. The van der Waals surface area contributed by atoms with Crippen molar-refractivity contribution in [3.05, 3.63) is 68.3 Å². The molecule has 3 aromatic rings. The van der Waals surface area contributed by atoms with Crippen LogP contribution in [0.15, 0.2) is 55.8 Å². The summed E-state index contributed by atoms with van der Waals surface area (Å²) in [6.07, 6.45) is 0.682. The topological polar surface area (TPSA) is 30.2 Å². The zero-order valence-electron chi connectivity index (χ0n) is 11.3. The van der Waals surface area contributed by atoms with Gasteiger partial charge in [-0.2, -0.15) is 0 Å². The van der Waals surface area contributed by atoms with Gasteiger partial charge in [0.05, 0.1) is 5.56 Å². The highest BCUT2D eigenvalue weighted by atomic mass is 79.9. The Bertz CT molecular complexity index is 834. The van der Waals surface area contributed by atoms with E-state index >= 15 is 0 Å². The molecule has 0 aliphatic heterocycles. The van der Waals surface area contributed by atoms with Crippen molar-refractivity contribution in [1.82, 2.24) is 0 Å². The van der Waals surface area contributed by atoms with Crippen molar-refractivity contribution in [2.75, 3.05) is 0 Å². The summed E-state index contributed by atoms with van der Waals surface area (Å²) in [5.41, 5.74) is 2.04. The first-order chi connectivity index (χ1) is 10.1. The number of carbonyl (C=O) groups is 1. The van der Waals surface area contributed by atoms with Gasteiger partial charge in [0.2, 0.25) is 0 Å². The molecule has 106 valence electrons. The third kappa shape index (κ3) is 2.58. The quantitative estimate of drug-likeness (QED) is 0.517. The van der Waals surface area contributed by atoms with Crippen molar-refractivity contribution in [3.63, 3.8) is 0 Å². The van der Waals surface area contributed by atoms with Gasteiger partial charge in [0.25, 0.3) is 0 Å². The summed E-state index contributed by atoms with van der Waals surface area (Å²) in [6, 6.07) is 13.2. The van der Waals surface area contributed by atoms with Crippen LogP contribution in [-0.4, -0.2) is 5.78 Å². The lowest BCUT2D eigenvalue weighted by atomic mass is 9.99. The van der Waals surface area contributed by atoms with E-state index in [1.165, 1.54) is 0 Å². The Morgan fingerprint density at radius 2 is 1.90 bits per heavy atom. The highest BCUT2D eigenvalue weighted by Crippen LogP contribution is 2.31. The Hall–Kier alpha value is -1.39. The Balaban J connectivity index is 2.24. The second-order valence-electron chi connectivity index (χ2n) is 4.70. The molecular formula is C17H12Br2O2. The molecule has 0 aliphatic rings. The molecule has 2 aromatic carbocycles. The molecule has 0 spiro atoms. The number of hydrogen-bond acceptors (Lipinski definition) is 2. The summed E-state index contributed by atoms with van der Waals surface area (Å²) in [5, 5.41) is 0.867. The van der Waals surface area contributed by atoms with Gasteiger partial charge in [-0.05, 0) is 24.3 Å². The van der Waals surface area contributed by atoms with Gasteiger partial charge in [0.1, 0.15) is 11.3 Å². The Morgan fingerprint density at radius 3 is 2.67 bits per heavy atom. The van der Waals surface area contributed by atoms with E-state index in [-0.39, 0.29) is 5.78 Å². The van der Waals surface area contributed by atoms with Crippen LogP contribution in [-0.2, 0) is 6.42 Å². The van der Waals surface area contributed by atoms with Gasteiger partial charge < -0.3 is 4.42 Å². The normalized spacial score (nSPS) is 11.0. The molecule has 0 saturated heterocycles. The van der Waals surface area contributed by atoms with Crippen LogP contribution < -0.4 is 0 Å². The summed E-state index contributed by atoms with van der Waals surface area (Å²) < 4.78 is 7.47. The molecule has 0 unspecified atom stereocenters. The van der Waals surface area contributed by atoms with Crippen molar-refractivity contribution < 1.29 is 9.21 Å². The van der Waals surface area contributed by atoms with Gasteiger partial charge in [-0.15, -0.1) is 0 Å². The third-order valence-corrected chi connectivity index (χ3v) is 4.57. The lowest BCUT2D eigenvalue weighted by molar-refractivity contribution is 0.103. The summed E-state index contributed by atoms with van der Waals surface area (Å²) in [4.78, 5) is 13.0. The maximum atomic E-state index is 13.0. The molecule has 1 aromatic heterocycles. The largest absolute Gasteiger partial charge is 0.460 e. The van der Waals surface area contributed by atoms with Crippen molar-refractivity contribution in [3.8, 4) is 0 Å². The van der Waals surface area contributed by atoms with Crippen LogP contribution in [0.25, 0.3) is 11.0 Å². The minimum atomic E-state index is -0.0232. The lowest BCUT2D eigenvalue weighted by Crippen LogP contribution is -2.04. The van der Waals surface area contributed by atoms with Crippen LogP contribution in [0.4, 0.5) is 0 Å². The van der Waals surface area contributed by atoms with Gasteiger partial charge in [-0.1, -0.05) is 57.0 Å². The van der Waals surface area contributed by atoms with E-state index in [0.717, 1.165) is 25.7 Å². The Morgan fingerprint density at radius 1 is 1.14 bits per heavy atom. The molecule has 0 aliphatic carbocycles. The van der Waals surface area contributed by atoms with E-state index in [1.54, 1.807) is 0 Å². The van der Waals surface area contributed by atoms with E-state index in [2.05, 4.69) is 31.9 Å². The number of furan rings is 1. The molecule has 0 saturated carbocycles. The Kier molecular flexibility index (Phi) is 4.00. The maximum absolute atomic E-state index is 13.0. The predicted octanol–water partition coefficient (Wildman–Crippen LogP) is 5.75. The second-order valence-corrected chi connectivity index (χ2v) is 6.47. The average molecular weight is 408 g/mol. The molecule has 0 atom stereocenters. The van der Waals surface area contributed by atoms with Gasteiger partial charge in [-0.25, -0.2) is 0 Å². The van der Waals surface area contributed by atoms with E-state index < -0.39 is 0 Å². The number of benzene rings is 2. The SMILES string of the molecule is CCc1oc2ccccc2c1C(=O)c1cc(Br)ccc1Br. The first-order valence-corrected chi connectivity index (χ1v) is 8.20. The van der Waals surface area contributed by atoms with Gasteiger partial charge in [0, 0.05) is 26.3 Å². The average Bonchev–Trinajstić information content (AvgIpc) is 2.87. The van der Waals surface area contributed by atoms with Gasteiger partial charge in [-0.3, -0.25) is 4.79 Å². The molecule has 4 heteroatoms. The Labute approximate surface area is 139 Å². The first-order valence-electron chi connectivity index (χ1n) is 6.62. The number of hydrogen-bond donors (Lipinski definition) is 0. The first kappa shape index (κ1) is 14.5. The van der Waals surface area contributed by atoms with Gasteiger partial charge >= 0.3 is 0 Å². The smallest absolute Gasteiger partial charge is 0.198 e. The zero-order chi connectivity index (χ0) is 15.0. The van der Waals surface area contributed by atoms with Crippen LogP contribution >= 0.6 is 31.9 Å². The van der Waals surface area contributed by atoms with E-state index in [1.807, 2.05) is 49.4 Å². The summed E-state index contributed by atoms with van der Waals surface area (Å²) >= 11 is 6.87. The molecule has 0 N–H and O–H groups in total. The fraction of sp³-hybridized carbons (Fsp3) is 0.118. The fourth-order valence-electron chi connectivity index (χ4n) is 2.40. The van der Waals surface area contributed by atoms with Crippen molar-refractivity contribution in [2.24, 2.45) is 0 Å². The van der Waals surface area contributed by atoms with Gasteiger partial charge in [0.15, 0.2) is 5.78 Å². The number of aryl methyl sites for hydroxylation is 1. The number of halogens is 2. The van der Waals surface area contributed by atoms with Crippen molar-refractivity contribution in [2.45, 2.75) is 13.3 Å². The van der Waals surface area contributed by atoms with Crippen LogP contribution in [0, 0.1) is 0 Å². The molecule has 21 heavy (non-hydrogen) atoms. The zero-order valence-corrected chi connectivity index (χ0v) is 14.5. The number of para-hydroxylation sites is 1. The van der Waals surface area contributed by atoms with Crippen LogP contribution in [0.3, 0.4) is 0 Å². The van der Waals surface area contributed by atoms with E-state index in [4.69, 9.17) is 4.42 Å². The molecule has 3 rings (SSSR count). The standard InChI is InChI=1S/C17H12Br2O2/c1-2-14-16(11-5-3-4-6-15(11)21-14)17(20)12-9-10(18)7-8-13(12)19/h3-9H,2H2,1H3. The third-order valence-electron chi connectivity index (χ3n) is 3.39. The van der Waals surface area contributed by atoms with E-state index in [9.17, 15) is 4.79 Å². The number of fused-ring (bicyclic) bond motifs is 1. The molecule has 0 fully saturated rings. The number of rotatable bonds is 3. The van der Waals surface area contributed by atoms with E-state index in [0.29, 0.717) is 17.5 Å². The van der Waals surface area contributed by atoms with Crippen LogP contribution in [0.1, 0.15) is 28.6 Å². The monoisotopic (exact) mass is 406 g/mol. The molecule has 0 radical (unpaired) electrons. The molecule has 1 heterocycles. The minimum Gasteiger partial charge on any atom is -0.460 e. The lowest BCUT2D eigenvalue weighted by Gasteiger charge is -2.05. The van der Waals surface area contributed by atoms with Crippen molar-refractivity contribution in [1.29, 1.82) is 0 Å². The summed E-state index contributed by atoms with van der Waals surface area (Å²) in [6.45, 7) is 1.99. The molecule has 0 amide bonds. The molecule has 0 bridgehead atoms. The summed E-state index contributed by atoms with van der Waals surface area (Å²) in [7, 11) is 0. The number of ketones is 1. The maximum Gasteiger partial charge on any atom is 0.198 e. The van der Waals surface area contributed by atoms with Crippen LogP contribution in [0.2, 0.25) is 0 Å². The second kappa shape index (κ2) is 5.78. The highest BCUT2D eigenvalue weighted by Gasteiger charge is 2.22. The predicted molar refractivity (Wildman–Crippen MR) is 90.9 cm³/mol. The highest BCUT2D eigenvalue weighted by molar-refractivity contribution is 9.11. The fourth-order valence-corrected chi connectivity index (χ4v) is 3.19. The summed E-state index contributed by atoms with van der Waals surface area (Å²) in [5.74, 6) is 0.707. The van der Waals surface area contributed by atoms with Crippen LogP contribution in [0.5, 0.6) is 0 Å². The number of carbonyl (C=O) groups excluding carboxylic acids is 1. The van der Waals surface area contributed by atoms with Crippen molar-refractivity contribution >= 4 is 48.6 Å². The molecular weight excluding hydrogens is 396 g/mol.